The number of aromatic hydroxyl groups is 1. The second kappa shape index (κ2) is 18.7. The normalized spacial score (nSPS) is 26.2. The zero-order valence-corrected chi connectivity index (χ0v) is 28.8. The Hall–Kier alpha value is -2.53. The van der Waals surface area contributed by atoms with Crippen molar-refractivity contribution >= 4 is 0 Å². The minimum absolute atomic E-state index is 0.0221. The predicted octanol–water partition coefficient (Wildman–Crippen LogP) is 5.45. The van der Waals surface area contributed by atoms with E-state index < -0.39 is 60.5 Å². The van der Waals surface area contributed by atoms with Crippen molar-refractivity contribution in [3.8, 4) is 5.75 Å². The molecule has 0 saturated carbocycles. The lowest BCUT2D eigenvalue weighted by Gasteiger charge is -2.36. The van der Waals surface area contributed by atoms with E-state index in [4.69, 9.17) is 9.15 Å². The summed E-state index contributed by atoms with van der Waals surface area (Å²) < 4.78 is 10.9. The molecule has 2 rings (SSSR count). The summed E-state index contributed by atoms with van der Waals surface area (Å²) in [4.78, 5) is 12.8. The molecule has 0 radical (unpaired) electrons. The molecule has 0 bridgehead atoms. The molecule has 1 aliphatic heterocycles. The zero-order valence-electron chi connectivity index (χ0n) is 28.8. The maximum Gasteiger partial charge on any atom is 0.345 e. The van der Waals surface area contributed by atoms with Crippen LogP contribution in [0.4, 0.5) is 0 Å². The smallest absolute Gasteiger partial charge is 0.345 e. The van der Waals surface area contributed by atoms with Gasteiger partial charge in [-0.1, -0.05) is 95.6 Å². The van der Waals surface area contributed by atoms with Crippen molar-refractivity contribution in [2.24, 2.45) is 23.7 Å². The molecule has 0 amide bonds. The molecule has 1 aromatic rings. The number of hydrogen-bond donors (Lipinski definition) is 6. The van der Waals surface area contributed by atoms with Gasteiger partial charge in [-0.3, -0.25) is 0 Å². The van der Waals surface area contributed by atoms with Crippen molar-refractivity contribution < 1.29 is 39.8 Å². The molecule has 6 N–H and O–H groups in total. The molecule has 1 saturated heterocycles. The molecular formula is C37H58O9. The van der Waals surface area contributed by atoms with Crippen LogP contribution in [0.3, 0.4) is 0 Å². The molecule has 2 heterocycles. The second-order valence-corrected chi connectivity index (χ2v) is 13.5. The van der Waals surface area contributed by atoms with Gasteiger partial charge in [0.15, 0.2) is 0 Å². The highest BCUT2D eigenvalue weighted by Crippen LogP contribution is 2.36. The van der Waals surface area contributed by atoms with Crippen LogP contribution in [0.25, 0.3) is 0 Å². The van der Waals surface area contributed by atoms with Crippen molar-refractivity contribution in [2.75, 3.05) is 6.61 Å². The van der Waals surface area contributed by atoms with Gasteiger partial charge in [-0.2, -0.15) is 0 Å². The van der Waals surface area contributed by atoms with Gasteiger partial charge in [0.25, 0.3) is 0 Å². The summed E-state index contributed by atoms with van der Waals surface area (Å²) in [5.41, 5.74) is 0.741. The predicted molar refractivity (Wildman–Crippen MR) is 180 cm³/mol. The summed E-state index contributed by atoms with van der Waals surface area (Å²) in [6.45, 7) is 15.9. The number of allylic oxidation sites excluding steroid dienone is 6. The van der Waals surface area contributed by atoms with E-state index in [1.807, 2.05) is 26.8 Å². The molecule has 0 aliphatic carbocycles. The molecule has 1 aliphatic rings. The number of aliphatic hydroxyl groups excluding tert-OH is 5. The Balaban J connectivity index is 2.01. The minimum Gasteiger partial charge on any atom is -0.507 e. The van der Waals surface area contributed by atoms with E-state index in [-0.39, 0.29) is 29.6 Å². The molecule has 260 valence electrons. The monoisotopic (exact) mass is 646 g/mol. The minimum atomic E-state index is -1.50. The van der Waals surface area contributed by atoms with Crippen LogP contribution in [0.2, 0.25) is 0 Å². The van der Waals surface area contributed by atoms with E-state index >= 15 is 0 Å². The highest BCUT2D eigenvalue weighted by Gasteiger charge is 2.40. The third kappa shape index (κ3) is 11.6. The quantitative estimate of drug-likeness (QED) is 0.128. The Labute approximate surface area is 274 Å². The lowest BCUT2D eigenvalue weighted by Crippen LogP contribution is -2.45. The third-order valence-electron chi connectivity index (χ3n) is 9.09. The van der Waals surface area contributed by atoms with E-state index in [1.54, 1.807) is 19.1 Å². The van der Waals surface area contributed by atoms with Gasteiger partial charge in [0, 0.05) is 24.3 Å². The molecule has 1 aromatic heterocycles. The van der Waals surface area contributed by atoms with Crippen molar-refractivity contribution in [3.05, 3.63) is 75.4 Å². The highest BCUT2D eigenvalue weighted by atomic mass is 16.5. The van der Waals surface area contributed by atoms with Crippen LogP contribution in [-0.4, -0.2) is 67.8 Å². The first-order valence-corrected chi connectivity index (χ1v) is 16.7. The average Bonchev–Trinajstić information content (AvgIpc) is 3.00. The summed E-state index contributed by atoms with van der Waals surface area (Å²) in [5.74, 6) is -0.0276. The largest absolute Gasteiger partial charge is 0.507 e. The first-order chi connectivity index (χ1) is 21.6. The van der Waals surface area contributed by atoms with Crippen molar-refractivity contribution in [1.82, 2.24) is 0 Å². The molecule has 0 aromatic carbocycles. The van der Waals surface area contributed by atoms with E-state index in [1.165, 1.54) is 24.5 Å². The summed E-state index contributed by atoms with van der Waals surface area (Å²) in [6, 6.07) is 1.19. The zero-order chi connectivity index (χ0) is 34.7. The van der Waals surface area contributed by atoms with Crippen LogP contribution in [0.5, 0.6) is 5.75 Å². The first-order valence-electron chi connectivity index (χ1n) is 16.7. The van der Waals surface area contributed by atoms with Gasteiger partial charge >= 0.3 is 5.63 Å². The van der Waals surface area contributed by atoms with Crippen molar-refractivity contribution in [2.45, 2.75) is 124 Å². The van der Waals surface area contributed by atoms with Gasteiger partial charge < -0.3 is 39.8 Å². The SMILES string of the molecule is CCC(C)CC(C)/C=C(C)/C=C/CC(C)C(O)C(C)/C=C(C)/C=C/C(O)C(C)c1cc(O)c(C2OC(CO)CC(O)C2O)c(=O)o1. The fraction of sp³-hybridized carbons (Fsp3) is 0.649. The fourth-order valence-electron chi connectivity index (χ4n) is 5.96. The number of hydrogen-bond acceptors (Lipinski definition) is 9. The lowest BCUT2D eigenvalue weighted by molar-refractivity contribution is -0.180. The molecule has 9 nitrogen and oxygen atoms in total. The fourth-order valence-corrected chi connectivity index (χ4v) is 5.96. The van der Waals surface area contributed by atoms with Gasteiger partial charge in [-0.25, -0.2) is 4.79 Å². The first kappa shape index (κ1) is 39.6. The maximum atomic E-state index is 12.8. The summed E-state index contributed by atoms with van der Waals surface area (Å²) in [7, 11) is 0. The lowest BCUT2D eigenvalue weighted by atomic mass is 9.89. The van der Waals surface area contributed by atoms with E-state index in [0.29, 0.717) is 11.8 Å². The van der Waals surface area contributed by atoms with Crippen LogP contribution in [0, 0.1) is 23.7 Å². The van der Waals surface area contributed by atoms with Crippen LogP contribution in [0.15, 0.2) is 62.9 Å². The Bertz CT molecular complexity index is 1260. The molecule has 11 atom stereocenters. The van der Waals surface area contributed by atoms with Gasteiger partial charge in [-0.05, 0) is 44.4 Å². The third-order valence-corrected chi connectivity index (χ3v) is 9.09. The number of aliphatic hydroxyl groups is 5. The van der Waals surface area contributed by atoms with Crippen LogP contribution in [-0.2, 0) is 4.74 Å². The van der Waals surface area contributed by atoms with Crippen LogP contribution in [0.1, 0.15) is 104 Å². The van der Waals surface area contributed by atoms with E-state index in [9.17, 15) is 35.4 Å². The second-order valence-electron chi connectivity index (χ2n) is 13.5. The van der Waals surface area contributed by atoms with Gasteiger partial charge in [0.2, 0.25) is 0 Å². The number of ether oxygens (including phenoxy) is 1. The highest BCUT2D eigenvalue weighted by molar-refractivity contribution is 5.35. The van der Waals surface area contributed by atoms with Crippen LogP contribution < -0.4 is 5.63 Å². The summed E-state index contributed by atoms with van der Waals surface area (Å²) in [5, 5.41) is 62.3. The maximum absolute atomic E-state index is 12.8. The molecule has 11 unspecified atom stereocenters. The average molecular weight is 647 g/mol. The van der Waals surface area contributed by atoms with Crippen molar-refractivity contribution in [1.29, 1.82) is 0 Å². The summed E-state index contributed by atoms with van der Waals surface area (Å²) in [6.07, 6.45) is 8.32. The topological polar surface area (TPSA) is 161 Å². The van der Waals surface area contributed by atoms with Crippen molar-refractivity contribution in [3.63, 3.8) is 0 Å². The van der Waals surface area contributed by atoms with E-state index in [0.717, 1.165) is 12.0 Å². The molecule has 0 spiro atoms. The Morgan fingerprint density at radius 1 is 1.04 bits per heavy atom. The Morgan fingerprint density at radius 2 is 1.70 bits per heavy atom. The standard InChI is InChI=1S/C37H58O9/c1-9-21(2)15-24(5)16-22(3)11-10-12-25(6)34(42)26(7)17-23(4)13-14-29(39)27(8)32-19-30(40)33(37(44)46-32)36-35(43)31(41)18-28(20-38)45-36/h10-11,13-14,16-17,19,21,24-29,31,34-36,38-43H,9,12,15,18,20H2,1-8H3/b11-10+,14-13+,22-16+,23-17+. The molecule has 46 heavy (non-hydrogen) atoms. The number of rotatable bonds is 16. The van der Waals surface area contributed by atoms with E-state index in [2.05, 4.69) is 45.9 Å². The Morgan fingerprint density at radius 3 is 2.30 bits per heavy atom. The Kier molecular flexibility index (Phi) is 16.1. The van der Waals surface area contributed by atoms with Gasteiger partial charge in [0.1, 0.15) is 29.3 Å². The van der Waals surface area contributed by atoms with Crippen LogP contribution >= 0.6 is 0 Å². The molecule has 9 heteroatoms. The van der Waals surface area contributed by atoms with Gasteiger partial charge in [-0.15, -0.1) is 0 Å². The molecule has 1 fully saturated rings. The summed E-state index contributed by atoms with van der Waals surface area (Å²) >= 11 is 0. The molecular weight excluding hydrogens is 588 g/mol. The van der Waals surface area contributed by atoms with Gasteiger partial charge in [0.05, 0.1) is 31.0 Å².